The average Bonchev–Trinajstić information content (AvgIpc) is 2.86. The Kier molecular flexibility index (Phi) is 3.79. The molecule has 5 heteroatoms. The SMILES string of the molecule is CC(C)n1ccc(CN2CCCC2C(N)=S)n1. The van der Waals surface area contributed by atoms with Gasteiger partial charge in [-0.1, -0.05) is 12.2 Å². The molecule has 0 spiro atoms. The molecule has 2 heterocycles. The zero-order chi connectivity index (χ0) is 12.4. The molecule has 2 rings (SSSR count). The van der Waals surface area contributed by atoms with Gasteiger partial charge in [-0.25, -0.2) is 0 Å². The first kappa shape index (κ1) is 12.5. The number of rotatable bonds is 4. The lowest BCUT2D eigenvalue weighted by molar-refractivity contribution is 0.290. The van der Waals surface area contributed by atoms with E-state index in [-0.39, 0.29) is 6.04 Å². The lowest BCUT2D eigenvalue weighted by Crippen LogP contribution is -2.38. The Labute approximate surface area is 108 Å². The minimum atomic E-state index is 0.259. The highest BCUT2D eigenvalue weighted by atomic mass is 32.1. The molecule has 1 fully saturated rings. The standard InChI is InChI=1S/C12H20N4S/c1-9(2)16-7-5-10(14-16)8-15-6-3-4-11(15)12(13)17/h5,7,9,11H,3-4,6,8H2,1-2H3,(H2,13,17). The molecule has 1 aliphatic heterocycles. The number of likely N-dealkylation sites (tertiary alicyclic amines) is 1. The van der Waals surface area contributed by atoms with Crippen LogP contribution >= 0.6 is 12.2 Å². The maximum Gasteiger partial charge on any atom is 0.0902 e. The van der Waals surface area contributed by atoms with E-state index >= 15 is 0 Å². The molecule has 0 aromatic carbocycles. The third kappa shape index (κ3) is 2.84. The van der Waals surface area contributed by atoms with Crippen LogP contribution in [0.25, 0.3) is 0 Å². The van der Waals surface area contributed by atoms with Crippen LogP contribution in [-0.4, -0.2) is 32.3 Å². The van der Waals surface area contributed by atoms with Gasteiger partial charge < -0.3 is 5.73 Å². The fraction of sp³-hybridized carbons (Fsp3) is 0.667. The van der Waals surface area contributed by atoms with Crippen molar-refractivity contribution in [2.24, 2.45) is 5.73 Å². The molecule has 4 nitrogen and oxygen atoms in total. The van der Waals surface area contributed by atoms with E-state index in [4.69, 9.17) is 18.0 Å². The Balaban J connectivity index is 2.02. The van der Waals surface area contributed by atoms with Crippen LogP contribution in [0.15, 0.2) is 12.3 Å². The molecule has 0 radical (unpaired) electrons. The van der Waals surface area contributed by atoms with Crippen LogP contribution < -0.4 is 5.73 Å². The summed E-state index contributed by atoms with van der Waals surface area (Å²) < 4.78 is 1.99. The first-order chi connectivity index (χ1) is 8.08. The van der Waals surface area contributed by atoms with Crippen LogP contribution in [0, 0.1) is 0 Å². The molecule has 94 valence electrons. The second-order valence-electron chi connectivity index (χ2n) is 4.91. The fourth-order valence-corrected chi connectivity index (χ4v) is 2.56. The minimum absolute atomic E-state index is 0.259. The van der Waals surface area contributed by atoms with Crippen molar-refractivity contribution in [3.05, 3.63) is 18.0 Å². The summed E-state index contributed by atoms with van der Waals surface area (Å²) in [5.74, 6) is 0. The second kappa shape index (κ2) is 5.14. The number of hydrogen-bond donors (Lipinski definition) is 1. The van der Waals surface area contributed by atoms with E-state index in [1.165, 1.54) is 6.42 Å². The maximum atomic E-state index is 5.76. The molecule has 0 aliphatic carbocycles. The molecule has 0 amide bonds. The number of hydrogen-bond acceptors (Lipinski definition) is 3. The summed E-state index contributed by atoms with van der Waals surface area (Å²) in [6, 6.07) is 2.75. The van der Waals surface area contributed by atoms with Crippen molar-refractivity contribution in [2.45, 2.75) is 45.3 Å². The second-order valence-corrected chi connectivity index (χ2v) is 5.38. The Morgan fingerprint density at radius 2 is 2.41 bits per heavy atom. The molecule has 2 N–H and O–H groups in total. The summed E-state index contributed by atoms with van der Waals surface area (Å²) in [5, 5.41) is 4.56. The van der Waals surface area contributed by atoms with Crippen molar-refractivity contribution in [3.63, 3.8) is 0 Å². The van der Waals surface area contributed by atoms with Gasteiger partial charge in [0.2, 0.25) is 0 Å². The minimum Gasteiger partial charge on any atom is -0.392 e. The summed E-state index contributed by atoms with van der Waals surface area (Å²) in [5.41, 5.74) is 6.86. The number of nitrogens with two attached hydrogens (primary N) is 1. The monoisotopic (exact) mass is 252 g/mol. The van der Waals surface area contributed by atoms with Crippen LogP contribution in [0.1, 0.15) is 38.4 Å². The molecule has 17 heavy (non-hydrogen) atoms. The van der Waals surface area contributed by atoms with E-state index in [9.17, 15) is 0 Å². The van der Waals surface area contributed by atoms with Gasteiger partial charge in [0, 0.05) is 18.8 Å². The third-order valence-corrected chi connectivity index (χ3v) is 3.52. The van der Waals surface area contributed by atoms with Crippen molar-refractivity contribution in [2.75, 3.05) is 6.54 Å². The summed E-state index contributed by atoms with van der Waals surface area (Å²) >= 11 is 5.11. The van der Waals surface area contributed by atoms with Crippen LogP contribution in [0.3, 0.4) is 0 Å². The van der Waals surface area contributed by atoms with Gasteiger partial charge in [0.15, 0.2) is 0 Å². The normalized spacial score (nSPS) is 21.2. The predicted octanol–water partition coefficient (Wildman–Crippen LogP) is 1.71. The van der Waals surface area contributed by atoms with Gasteiger partial charge in [-0.15, -0.1) is 0 Å². The van der Waals surface area contributed by atoms with Gasteiger partial charge in [0.25, 0.3) is 0 Å². The summed E-state index contributed by atoms with van der Waals surface area (Å²) in [4.78, 5) is 2.95. The maximum absolute atomic E-state index is 5.76. The van der Waals surface area contributed by atoms with Gasteiger partial charge in [-0.2, -0.15) is 5.10 Å². The molecular formula is C12H20N4S. The smallest absolute Gasteiger partial charge is 0.0902 e. The third-order valence-electron chi connectivity index (χ3n) is 3.25. The zero-order valence-corrected chi connectivity index (χ0v) is 11.3. The van der Waals surface area contributed by atoms with E-state index in [2.05, 4.69) is 29.9 Å². The van der Waals surface area contributed by atoms with Gasteiger partial charge in [-0.3, -0.25) is 9.58 Å². The van der Waals surface area contributed by atoms with Gasteiger partial charge >= 0.3 is 0 Å². The van der Waals surface area contributed by atoms with Crippen molar-refractivity contribution < 1.29 is 0 Å². The average molecular weight is 252 g/mol. The Morgan fingerprint density at radius 1 is 1.65 bits per heavy atom. The highest BCUT2D eigenvalue weighted by Gasteiger charge is 2.27. The summed E-state index contributed by atoms with van der Waals surface area (Å²) in [6.45, 7) is 6.17. The molecule has 0 bridgehead atoms. The first-order valence-corrected chi connectivity index (χ1v) is 6.56. The van der Waals surface area contributed by atoms with E-state index < -0.39 is 0 Å². The van der Waals surface area contributed by atoms with E-state index in [0.717, 1.165) is 25.2 Å². The Morgan fingerprint density at radius 3 is 3.00 bits per heavy atom. The molecular weight excluding hydrogens is 232 g/mol. The van der Waals surface area contributed by atoms with E-state index in [1.54, 1.807) is 0 Å². The van der Waals surface area contributed by atoms with Crippen LogP contribution in [0.4, 0.5) is 0 Å². The van der Waals surface area contributed by atoms with Gasteiger partial charge in [0.1, 0.15) is 0 Å². The van der Waals surface area contributed by atoms with Crippen molar-refractivity contribution >= 4 is 17.2 Å². The van der Waals surface area contributed by atoms with Crippen LogP contribution in [-0.2, 0) is 6.54 Å². The largest absolute Gasteiger partial charge is 0.392 e. The lowest BCUT2D eigenvalue weighted by atomic mass is 10.2. The molecule has 0 saturated carbocycles. The molecule has 1 saturated heterocycles. The number of aromatic nitrogens is 2. The van der Waals surface area contributed by atoms with E-state index in [1.807, 2.05) is 10.9 Å². The number of nitrogens with zero attached hydrogens (tertiary/aromatic N) is 3. The summed E-state index contributed by atoms with van der Waals surface area (Å²) in [7, 11) is 0. The Bertz CT molecular complexity index is 399. The van der Waals surface area contributed by atoms with Gasteiger partial charge in [-0.05, 0) is 39.3 Å². The lowest BCUT2D eigenvalue weighted by Gasteiger charge is -2.22. The molecule has 1 unspecified atom stereocenters. The summed E-state index contributed by atoms with van der Waals surface area (Å²) in [6.07, 6.45) is 4.29. The van der Waals surface area contributed by atoms with Crippen molar-refractivity contribution in [3.8, 4) is 0 Å². The predicted molar refractivity (Wildman–Crippen MR) is 72.8 cm³/mol. The molecule has 1 aromatic heterocycles. The van der Waals surface area contributed by atoms with Crippen molar-refractivity contribution in [1.29, 1.82) is 0 Å². The van der Waals surface area contributed by atoms with E-state index in [0.29, 0.717) is 11.0 Å². The molecule has 1 atom stereocenters. The highest BCUT2D eigenvalue weighted by molar-refractivity contribution is 7.80. The molecule has 1 aromatic rings. The van der Waals surface area contributed by atoms with Crippen LogP contribution in [0.2, 0.25) is 0 Å². The quantitative estimate of drug-likeness (QED) is 0.829. The topological polar surface area (TPSA) is 47.1 Å². The van der Waals surface area contributed by atoms with Gasteiger partial charge in [0.05, 0.1) is 16.7 Å². The molecule has 1 aliphatic rings. The van der Waals surface area contributed by atoms with Crippen molar-refractivity contribution in [1.82, 2.24) is 14.7 Å². The highest BCUT2D eigenvalue weighted by Crippen LogP contribution is 2.20. The fourth-order valence-electron chi connectivity index (χ4n) is 2.29. The first-order valence-electron chi connectivity index (χ1n) is 6.15. The zero-order valence-electron chi connectivity index (χ0n) is 10.5. The Hall–Kier alpha value is -0.940. The number of thiocarbonyl (C=S) groups is 1. The van der Waals surface area contributed by atoms with Crippen LogP contribution in [0.5, 0.6) is 0 Å².